The van der Waals surface area contributed by atoms with Crippen LogP contribution in [0.15, 0.2) is 53.1 Å². The Labute approximate surface area is 148 Å². The highest BCUT2D eigenvalue weighted by Crippen LogP contribution is 2.39. The third-order valence-corrected chi connectivity index (χ3v) is 5.24. The number of pyridine rings is 1. The molecule has 0 saturated heterocycles. The second-order valence-electron chi connectivity index (χ2n) is 6.61. The van der Waals surface area contributed by atoms with E-state index in [-0.39, 0.29) is 4.90 Å². The van der Waals surface area contributed by atoms with Gasteiger partial charge in [0.15, 0.2) is 9.84 Å². The summed E-state index contributed by atoms with van der Waals surface area (Å²) in [7, 11) is -3.23. The van der Waals surface area contributed by atoms with Crippen molar-refractivity contribution in [2.45, 2.75) is 31.3 Å². The quantitative estimate of drug-likeness (QED) is 0.837. The molecule has 0 aliphatic carbocycles. The number of rotatable bonds is 4. The molecule has 1 aliphatic rings. The maximum Gasteiger partial charge on any atom is 0.219 e. The summed E-state index contributed by atoms with van der Waals surface area (Å²) in [5, 5.41) is 0. The van der Waals surface area contributed by atoms with E-state index in [2.05, 4.69) is 4.98 Å². The summed E-state index contributed by atoms with van der Waals surface area (Å²) in [4.78, 5) is 4.66. The van der Waals surface area contributed by atoms with Crippen molar-refractivity contribution < 1.29 is 17.9 Å². The summed E-state index contributed by atoms with van der Waals surface area (Å²) in [5.41, 5.74) is 2.11. The van der Waals surface area contributed by atoms with Gasteiger partial charge in [-0.1, -0.05) is 18.2 Å². The Morgan fingerprint density at radius 2 is 1.80 bits per heavy atom. The molecule has 0 unspecified atom stereocenters. The molecule has 1 aliphatic heterocycles. The molecule has 2 heterocycles. The van der Waals surface area contributed by atoms with E-state index in [9.17, 15) is 8.42 Å². The molecule has 2 aromatic rings. The minimum Gasteiger partial charge on any atom is -0.441 e. The molecule has 132 valence electrons. The van der Waals surface area contributed by atoms with E-state index in [0.29, 0.717) is 18.2 Å². The van der Waals surface area contributed by atoms with Gasteiger partial charge in [0.25, 0.3) is 0 Å². The van der Waals surface area contributed by atoms with Crippen LogP contribution in [-0.2, 0) is 14.6 Å². The lowest BCUT2D eigenvalue weighted by atomic mass is 9.92. The molecule has 1 aromatic heterocycles. The minimum atomic E-state index is -3.23. The van der Waals surface area contributed by atoms with Gasteiger partial charge in [-0.05, 0) is 44.5 Å². The number of benzene rings is 1. The van der Waals surface area contributed by atoms with Crippen molar-refractivity contribution in [2.24, 2.45) is 0 Å². The standard InChI is InChI=1S/C19H21NO4S/c1-13-6-5-7-17(20-13)24-16-12-23-19(2,3)18(16)14-8-10-15(11-9-14)25(4,21)22/h5-11H,12H2,1-4H3. The Morgan fingerprint density at radius 3 is 2.40 bits per heavy atom. The monoisotopic (exact) mass is 359 g/mol. The second-order valence-corrected chi connectivity index (χ2v) is 8.63. The van der Waals surface area contributed by atoms with Crippen molar-refractivity contribution in [3.05, 3.63) is 59.5 Å². The lowest BCUT2D eigenvalue weighted by Crippen LogP contribution is -2.21. The van der Waals surface area contributed by atoms with E-state index < -0.39 is 15.4 Å². The summed E-state index contributed by atoms with van der Waals surface area (Å²) in [6.07, 6.45) is 1.20. The van der Waals surface area contributed by atoms with Gasteiger partial charge in [-0.25, -0.2) is 13.4 Å². The van der Waals surface area contributed by atoms with Crippen LogP contribution in [0.25, 0.3) is 5.57 Å². The lowest BCUT2D eigenvalue weighted by Gasteiger charge is -2.22. The SMILES string of the molecule is Cc1cccc(OC2=C(c3ccc(S(C)(=O)=O)cc3)C(C)(C)OC2)n1. The first-order valence-electron chi connectivity index (χ1n) is 7.96. The number of ether oxygens (including phenoxy) is 2. The maximum atomic E-state index is 11.7. The van der Waals surface area contributed by atoms with Crippen molar-refractivity contribution in [3.63, 3.8) is 0 Å². The molecule has 3 rings (SSSR count). The largest absolute Gasteiger partial charge is 0.441 e. The average molecular weight is 359 g/mol. The Kier molecular flexibility index (Phi) is 4.43. The van der Waals surface area contributed by atoms with Crippen molar-refractivity contribution in [3.8, 4) is 5.88 Å². The molecule has 0 fully saturated rings. The number of nitrogens with zero attached hydrogens (tertiary/aromatic N) is 1. The highest BCUT2D eigenvalue weighted by atomic mass is 32.2. The molecule has 0 spiro atoms. The highest BCUT2D eigenvalue weighted by molar-refractivity contribution is 7.90. The number of hydrogen-bond acceptors (Lipinski definition) is 5. The normalized spacial score (nSPS) is 17.0. The van der Waals surface area contributed by atoms with E-state index in [1.54, 1.807) is 30.3 Å². The predicted octanol–water partition coefficient (Wildman–Crippen LogP) is 3.39. The highest BCUT2D eigenvalue weighted by Gasteiger charge is 2.36. The fraction of sp³-hybridized carbons (Fsp3) is 0.316. The molecule has 0 atom stereocenters. The Bertz CT molecular complexity index is 928. The molecule has 6 heteroatoms. The van der Waals surface area contributed by atoms with Gasteiger partial charge in [0.05, 0.1) is 10.5 Å². The summed E-state index contributed by atoms with van der Waals surface area (Å²) < 4.78 is 35.2. The van der Waals surface area contributed by atoms with Gasteiger partial charge in [-0.3, -0.25) is 0 Å². The van der Waals surface area contributed by atoms with E-state index in [0.717, 1.165) is 16.8 Å². The second kappa shape index (κ2) is 6.28. The van der Waals surface area contributed by atoms with Crippen LogP contribution in [0.1, 0.15) is 25.1 Å². The molecule has 0 radical (unpaired) electrons. The van der Waals surface area contributed by atoms with E-state index >= 15 is 0 Å². The third-order valence-electron chi connectivity index (χ3n) is 4.11. The van der Waals surface area contributed by atoms with Crippen molar-refractivity contribution >= 4 is 15.4 Å². The molecule has 0 N–H and O–H groups in total. The first-order valence-corrected chi connectivity index (χ1v) is 9.85. The van der Waals surface area contributed by atoms with Gasteiger partial charge in [0.1, 0.15) is 12.4 Å². The number of aromatic nitrogens is 1. The van der Waals surface area contributed by atoms with Crippen molar-refractivity contribution in [2.75, 3.05) is 12.9 Å². The predicted molar refractivity (Wildman–Crippen MR) is 96.1 cm³/mol. The van der Waals surface area contributed by atoms with Gasteiger partial charge < -0.3 is 9.47 Å². The van der Waals surface area contributed by atoms with Gasteiger partial charge in [-0.2, -0.15) is 0 Å². The van der Waals surface area contributed by atoms with E-state index in [1.807, 2.05) is 32.9 Å². The summed E-state index contributed by atoms with van der Waals surface area (Å²) in [5.74, 6) is 1.21. The van der Waals surface area contributed by atoms with Crippen LogP contribution in [0.4, 0.5) is 0 Å². The van der Waals surface area contributed by atoms with Crippen molar-refractivity contribution in [1.29, 1.82) is 0 Å². The Hall–Kier alpha value is -2.18. The smallest absolute Gasteiger partial charge is 0.219 e. The van der Waals surface area contributed by atoms with Gasteiger partial charge in [-0.15, -0.1) is 0 Å². The zero-order valence-electron chi connectivity index (χ0n) is 14.7. The van der Waals surface area contributed by atoms with Crippen LogP contribution in [0.2, 0.25) is 0 Å². The first kappa shape index (κ1) is 17.6. The summed E-state index contributed by atoms with van der Waals surface area (Å²) >= 11 is 0. The molecule has 5 nitrogen and oxygen atoms in total. The summed E-state index contributed by atoms with van der Waals surface area (Å²) in [6.45, 7) is 6.17. The zero-order chi connectivity index (χ0) is 18.2. The topological polar surface area (TPSA) is 65.5 Å². The summed E-state index contributed by atoms with van der Waals surface area (Å²) in [6, 6.07) is 12.4. The van der Waals surface area contributed by atoms with Crippen LogP contribution in [0.3, 0.4) is 0 Å². The van der Waals surface area contributed by atoms with Gasteiger partial charge in [0, 0.05) is 23.6 Å². The maximum absolute atomic E-state index is 11.7. The zero-order valence-corrected chi connectivity index (χ0v) is 15.6. The molecule has 25 heavy (non-hydrogen) atoms. The molecular weight excluding hydrogens is 338 g/mol. The minimum absolute atomic E-state index is 0.288. The fourth-order valence-corrected chi connectivity index (χ4v) is 3.52. The van der Waals surface area contributed by atoms with Crippen LogP contribution in [-0.4, -0.2) is 31.9 Å². The van der Waals surface area contributed by atoms with Crippen LogP contribution in [0.5, 0.6) is 5.88 Å². The molecule has 0 amide bonds. The van der Waals surface area contributed by atoms with Crippen LogP contribution in [0, 0.1) is 6.92 Å². The van der Waals surface area contributed by atoms with Gasteiger partial charge in [0.2, 0.25) is 5.88 Å². The van der Waals surface area contributed by atoms with Crippen LogP contribution >= 0.6 is 0 Å². The third kappa shape index (κ3) is 3.75. The van der Waals surface area contributed by atoms with E-state index in [4.69, 9.17) is 9.47 Å². The Morgan fingerprint density at radius 1 is 1.12 bits per heavy atom. The van der Waals surface area contributed by atoms with E-state index in [1.165, 1.54) is 6.26 Å². The van der Waals surface area contributed by atoms with Gasteiger partial charge >= 0.3 is 0 Å². The first-order chi connectivity index (χ1) is 11.7. The molecule has 1 aromatic carbocycles. The number of hydrogen-bond donors (Lipinski definition) is 0. The average Bonchev–Trinajstić information content (AvgIpc) is 2.81. The lowest BCUT2D eigenvalue weighted by molar-refractivity contribution is 0.0542. The Balaban J connectivity index is 2.02. The molecule has 0 saturated carbocycles. The fourth-order valence-electron chi connectivity index (χ4n) is 2.89. The molecule has 0 bridgehead atoms. The number of sulfone groups is 1. The van der Waals surface area contributed by atoms with Crippen molar-refractivity contribution in [1.82, 2.24) is 4.98 Å². The molecular formula is C19H21NO4S. The number of aryl methyl sites for hydroxylation is 1. The van der Waals surface area contributed by atoms with Crippen LogP contribution < -0.4 is 4.74 Å².